The van der Waals surface area contributed by atoms with Gasteiger partial charge in [-0.3, -0.25) is 9.59 Å². The first-order valence-corrected chi connectivity index (χ1v) is 10.9. The quantitative estimate of drug-likeness (QED) is 0.424. The highest BCUT2D eigenvalue weighted by Crippen LogP contribution is 2.23. The Hall–Kier alpha value is -3.52. The second kappa shape index (κ2) is 9.54. The summed E-state index contributed by atoms with van der Waals surface area (Å²) in [4.78, 5) is 34.5. The van der Waals surface area contributed by atoms with Crippen LogP contribution in [-0.2, 0) is 6.54 Å². The SMILES string of the molecule is CCn1cc(C(=O)C=Cc2ccc(OC)cc2)c(=O)c2cc(F)c(N3CCN(C)CC3)nc21. The summed E-state index contributed by atoms with van der Waals surface area (Å²) in [7, 11) is 3.61. The van der Waals surface area contributed by atoms with E-state index in [4.69, 9.17) is 4.74 Å². The van der Waals surface area contributed by atoms with E-state index in [9.17, 15) is 9.59 Å². The van der Waals surface area contributed by atoms with E-state index in [0.717, 1.165) is 18.7 Å². The average molecular weight is 451 g/mol. The lowest BCUT2D eigenvalue weighted by Crippen LogP contribution is -2.45. The van der Waals surface area contributed by atoms with Gasteiger partial charge in [-0.05, 0) is 43.8 Å². The van der Waals surface area contributed by atoms with Crippen LogP contribution in [0.25, 0.3) is 17.1 Å². The molecule has 1 fully saturated rings. The number of fused-ring (bicyclic) bond motifs is 1. The number of pyridine rings is 2. The standard InChI is InChI=1S/C25H27FN4O3/c1-4-29-16-20(22(31)10-7-17-5-8-18(33-3)9-6-17)23(32)19-15-21(26)25(27-24(19)29)30-13-11-28(2)12-14-30/h5-10,15-16H,4,11-14H2,1-3H3. The maximum atomic E-state index is 15.0. The van der Waals surface area contributed by atoms with Crippen LogP contribution < -0.4 is 15.1 Å². The Morgan fingerprint density at radius 2 is 1.88 bits per heavy atom. The Balaban J connectivity index is 1.70. The fourth-order valence-electron chi connectivity index (χ4n) is 3.91. The first kappa shape index (κ1) is 22.7. The minimum absolute atomic E-state index is 0.0114. The largest absolute Gasteiger partial charge is 0.497 e. The van der Waals surface area contributed by atoms with Crippen molar-refractivity contribution in [1.29, 1.82) is 0 Å². The Labute approximate surface area is 191 Å². The molecule has 1 saturated heterocycles. The molecule has 33 heavy (non-hydrogen) atoms. The highest BCUT2D eigenvalue weighted by atomic mass is 19.1. The Kier molecular flexibility index (Phi) is 6.55. The van der Waals surface area contributed by atoms with Crippen molar-refractivity contribution in [3.05, 3.63) is 69.8 Å². The number of nitrogens with zero attached hydrogens (tertiary/aromatic N) is 4. The van der Waals surface area contributed by atoms with Crippen LogP contribution >= 0.6 is 0 Å². The first-order valence-electron chi connectivity index (χ1n) is 10.9. The number of ketones is 1. The molecule has 8 heteroatoms. The van der Waals surface area contributed by atoms with Gasteiger partial charge in [-0.1, -0.05) is 18.2 Å². The third-order valence-corrected chi connectivity index (χ3v) is 5.94. The average Bonchev–Trinajstić information content (AvgIpc) is 2.83. The molecule has 0 bridgehead atoms. The number of rotatable bonds is 6. The molecule has 1 aliphatic rings. The predicted molar refractivity (Wildman–Crippen MR) is 128 cm³/mol. The van der Waals surface area contributed by atoms with E-state index in [0.29, 0.717) is 31.0 Å². The number of benzene rings is 1. The van der Waals surface area contributed by atoms with E-state index in [1.54, 1.807) is 29.9 Å². The van der Waals surface area contributed by atoms with Crippen LogP contribution in [0.5, 0.6) is 5.75 Å². The number of anilines is 1. The number of aromatic nitrogens is 2. The van der Waals surface area contributed by atoms with Gasteiger partial charge < -0.3 is 19.1 Å². The lowest BCUT2D eigenvalue weighted by molar-refractivity contribution is 0.104. The van der Waals surface area contributed by atoms with Gasteiger partial charge in [0.25, 0.3) is 0 Å². The Morgan fingerprint density at radius 1 is 1.18 bits per heavy atom. The van der Waals surface area contributed by atoms with E-state index in [-0.39, 0.29) is 16.8 Å². The monoisotopic (exact) mass is 450 g/mol. The topological polar surface area (TPSA) is 67.7 Å². The molecule has 1 aromatic carbocycles. The zero-order valence-corrected chi connectivity index (χ0v) is 19.0. The summed E-state index contributed by atoms with van der Waals surface area (Å²) in [6, 6.07) is 8.42. The van der Waals surface area contributed by atoms with Crippen LogP contribution in [0.3, 0.4) is 0 Å². The molecule has 3 aromatic rings. The fraction of sp³-hybridized carbons (Fsp3) is 0.320. The molecule has 0 spiro atoms. The van der Waals surface area contributed by atoms with E-state index in [1.807, 2.05) is 31.0 Å². The van der Waals surface area contributed by atoms with Crippen molar-refractivity contribution in [2.24, 2.45) is 0 Å². The van der Waals surface area contributed by atoms with Crippen molar-refractivity contribution in [3.8, 4) is 5.75 Å². The highest BCUT2D eigenvalue weighted by molar-refractivity contribution is 6.08. The number of hydrogen-bond donors (Lipinski definition) is 0. The van der Waals surface area contributed by atoms with E-state index < -0.39 is 17.0 Å². The number of methoxy groups -OCH3 is 1. The van der Waals surface area contributed by atoms with Gasteiger partial charge in [0.15, 0.2) is 17.4 Å². The summed E-state index contributed by atoms with van der Waals surface area (Å²) in [5, 5.41) is 0.107. The fourth-order valence-corrected chi connectivity index (χ4v) is 3.91. The minimum Gasteiger partial charge on any atom is -0.497 e. The van der Waals surface area contributed by atoms with Crippen LogP contribution in [0, 0.1) is 5.82 Å². The summed E-state index contributed by atoms with van der Waals surface area (Å²) < 4.78 is 21.9. The van der Waals surface area contributed by atoms with Gasteiger partial charge in [0.2, 0.25) is 5.43 Å². The number of carbonyl (C=O) groups excluding carboxylic acids is 1. The number of carbonyl (C=O) groups is 1. The Morgan fingerprint density at radius 3 is 2.52 bits per heavy atom. The molecule has 4 rings (SSSR count). The number of allylic oxidation sites excluding steroid dienone is 1. The number of ether oxygens (including phenoxy) is 1. The summed E-state index contributed by atoms with van der Waals surface area (Å²) in [5.74, 6) is -0.0337. The number of likely N-dealkylation sites (N-methyl/N-ethyl adjacent to an activating group) is 1. The van der Waals surface area contributed by atoms with Gasteiger partial charge in [-0.2, -0.15) is 0 Å². The predicted octanol–water partition coefficient (Wildman–Crippen LogP) is 3.21. The van der Waals surface area contributed by atoms with Gasteiger partial charge >= 0.3 is 0 Å². The van der Waals surface area contributed by atoms with Gasteiger partial charge in [0.05, 0.1) is 18.1 Å². The lowest BCUT2D eigenvalue weighted by Gasteiger charge is -2.33. The van der Waals surface area contributed by atoms with Crippen LogP contribution in [0.2, 0.25) is 0 Å². The van der Waals surface area contributed by atoms with Gasteiger partial charge in [-0.15, -0.1) is 0 Å². The molecule has 1 aliphatic heterocycles. The van der Waals surface area contributed by atoms with E-state index in [2.05, 4.69) is 9.88 Å². The van der Waals surface area contributed by atoms with Crippen molar-refractivity contribution in [3.63, 3.8) is 0 Å². The molecule has 0 aliphatic carbocycles. The zero-order valence-electron chi connectivity index (χ0n) is 19.0. The molecule has 0 radical (unpaired) electrons. The first-order chi connectivity index (χ1) is 15.9. The summed E-state index contributed by atoms with van der Waals surface area (Å²) in [6.07, 6.45) is 4.51. The summed E-state index contributed by atoms with van der Waals surface area (Å²) in [6.45, 7) is 5.33. The molecule has 3 heterocycles. The molecular formula is C25H27FN4O3. The number of hydrogen-bond acceptors (Lipinski definition) is 6. The van der Waals surface area contributed by atoms with E-state index >= 15 is 4.39 Å². The molecule has 0 saturated carbocycles. The van der Waals surface area contributed by atoms with Crippen molar-refractivity contribution in [1.82, 2.24) is 14.5 Å². The van der Waals surface area contributed by atoms with Crippen molar-refractivity contribution >= 4 is 28.7 Å². The van der Waals surface area contributed by atoms with Gasteiger partial charge in [0.1, 0.15) is 11.4 Å². The highest BCUT2D eigenvalue weighted by Gasteiger charge is 2.22. The minimum atomic E-state index is -0.551. The van der Waals surface area contributed by atoms with Gasteiger partial charge in [-0.25, -0.2) is 9.37 Å². The smallest absolute Gasteiger partial charge is 0.202 e. The summed E-state index contributed by atoms with van der Waals surface area (Å²) >= 11 is 0. The molecule has 0 unspecified atom stereocenters. The molecule has 0 amide bonds. The van der Waals surface area contributed by atoms with Crippen LogP contribution in [0.1, 0.15) is 22.8 Å². The lowest BCUT2D eigenvalue weighted by atomic mass is 10.1. The maximum absolute atomic E-state index is 15.0. The van der Waals surface area contributed by atoms with Gasteiger partial charge in [0, 0.05) is 38.9 Å². The summed E-state index contributed by atoms with van der Waals surface area (Å²) in [5.41, 5.74) is 0.650. The van der Waals surface area contributed by atoms with Crippen LogP contribution in [0.15, 0.2) is 47.4 Å². The molecule has 7 nitrogen and oxygen atoms in total. The Bertz CT molecular complexity index is 1260. The molecule has 2 aromatic heterocycles. The van der Waals surface area contributed by atoms with Crippen LogP contribution in [-0.4, -0.2) is 60.6 Å². The third kappa shape index (κ3) is 4.66. The molecule has 0 atom stereocenters. The van der Waals surface area contributed by atoms with Crippen molar-refractivity contribution in [2.75, 3.05) is 45.2 Å². The molecular weight excluding hydrogens is 423 g/mol. The second-order valence-electron chi connectivity index (χ2n) is 8.08. The number of halogens is 1. The second-order valence-corrected chi connectivity index (χ2v) is 8.08. The normalized spacial score (nSPS) is 14.8. The molecule has 0 N–H and O–H groups in total. The molecule has 172 valence electrons. The van der Waals surface area contributed by atoms with Crippen molar-refractivity contribution < 1.29 is 13.9 Å². The third-order valence-electron chi connectivity index (χ3n) is 5.94. The van der Waals surface area contributed by atoms with Crippen LogP contribution in [0.4, 0.5) is 10.2 Å². The number of aryl methyl sites for hydroxylation is 1. The maximum Gasteiger partial charge on any atom is 0.202 e. The van der Waals surface area contributed by atoms with Crippen molar-refractivity contribution in [2.45, 2.75) is 13.5 Å². The number of piperazine rings is 1. The zero-order chi connectivity index (χ0) is 23.5. The van der Waals surface area contributed by atoms with E-state index in [1.165, 1.54) is 18.3 Å².